The van der Waals surface area contributed by atoms with Gasteiger partial charge in [0.15, 0.2) is 0 Å². The van der Waals surface area contributed by atoms with Crippen LogP contribution in [0.15, 0.2) is 0 Å². The number of ketones is 1. The maximum atomic E-state index is 12.5. The molecule has 2 saturated heterocycles. The maximum absolute atomic E-state index is 12.5. The first-order valence-electron chi connectivity index (χ1n) is 7.99. The number of nitrogens with zero attached hydrogens (tertiary/aromatic N) is 1. The zero-order chi connectivity index (χ0) is 12.3. The van der Waals surface area contributed by atoms with Crippen molar-refractivity contribution in [3.63, 3.8) is 0 Å². The van der Waals surface area contributed by atoms with Crippen molar-refractivity contribution in [2.75, 3.05) is 13.1 Å². The van der Waals surface area contributed by atoms with Gasteiger partial charge in [-0.3, -0.25) is 9.69 Å². The molecule has 4 fully saturated rings. The number of carbonyl (C=O) groups excluding carboxylic acids is 1. The van der Waals surface area contributed by atoms with Gasteiger partial charge in [0.05, 0.1) is 0 Å². The van der Waals surface area contributed by atoms with Crippen molar-refractivity contribution in [1.82, 2.24) is 4.90 Å². The van der Waals surface area contributed by atoms with Crippen LogP contribution < -0.4 is 0 Å². The van der Waals surface area contributed by atoms with E-state index in [0.717, 1.165) is 24.2 Å². The number of hydrogen-bond donors (Lipinski definition) is 0. The van der Waals surface area contributed by atoms with Crippen LogP contribution in [0.1, 0.15) is 51.9 Å². The van der Waals surface area contributed by atoms with E-state index in [9.17, 15) is 4.79 Å². The van der Waals surface area contributed by atoms with Crippen molar-refractivity contribution in [3.05, 3.63) is 0 Å². The smallest absolute Gasteiger partial charge is 0.138 e. The molecule has 2 heterocycles. The summed E-state index contributed by atoms with van der Waals surface area (Å²) in [4.78, 5) is 15.3. The van der Waals surface area contributed by atoms with Crippen molar-refractivity contribution in [3.8, 4) is 0 Å². The molecule has 2 nitrogen and oxygen atoms in total. The highest BCUT2D eigenvalue weighted by Crippen LogP contribution is 2.59. The highest BCUT2D eigenvalue weighted by molar-refractivity contribution is 5.84. The first kappa shape index (κ1) is 11.5. The Bertz CT molecular complexity index is 377. The second-order valence-corrected chi connectivity index (χ2v) is 7.40. The van der Waals surface area contributed by atoms with Crippen molar-refractivity contribution in [2.24, 2.45) is 23.7 Å². The normalized spacial score (nSPS) is 51.9. The summed E-state index contributed by atoms with van der Waals surface area (Å²) in [6, 6.07) is 0. The second-order valence-electron chi connectivity index (χ2n) is 7.40. The summed E-state index contributed by atoms with van der Waals surface area (Å²) < 4.78 is 0. The van der Waals surface area contributed by atoms with Crippen molar-refractivity contribution in [2.45, 2.75) is 57.4 Å². The largest absolute Gasteiger partial charge is 0.299 e. The predicted octanol–water partition coefficient (Wildman–Crippen LogP) is 2.87. The van der Waals surface area contributed by atoms with Crippen LogP contribution in [0.25, 0.3) is 0 Å². The van der Waals surface area contributed by atoms with E-state index < -0.39 is 0 Å². The average Bonchev–Trinajstić information content (AvgIpc) is 2.33. The second kappa shape index (κ2) is 3.82. The van der Waals surface area contributed by atoms with Gasteiger partial charge in [-0.15, -0.1) is 0 Å². The van der Waals surface area contributed by atoms with E-state index in [1.54, 1.807) is 0 Å². The zero-order valence-corrected chi connectivity index (χ0v) is 11.5. The molecule has 0 unspecified atom stereocenters. The molecule has 0 amide bonds. The Kier molecular flexibility index (Phi) is 2.43. The highest BCUT2D eigenvalue weighted by Gasteiger charge is 2.62. The summed E-state index contributed by atoms with van der Waals surface area (Å²) in [5, 5.41) is 0. The van der Waals surface area contributed by atoms with E-state index >= 15 is 0 Å². The van der Waals surface area contributed by atoms with Gasteiger partial charge in [0, 0.05) is 17.9 Å². The SMILES string of the molecule is C[C@@H]1C[C@H]2CC(=O)[C@H]3CCCN4CCC[C@H]2[C@]34C1. The summed E-state index contributed by atoms with van der Waals surface area (Å²) in [7, 11) is 0. The number of hydrogen-bond acceptors (Lipinski definition) is 2. The molecule has 0 radical (unpaired) electrons. The van der Waals surface area contributed by atoms with E-state index in [4.69, 9.17) is 0 Å². The minimum atomic E-state index is 0.314. The fourth-order valence-corrected chi connectivity index (χ4v) is 6.18. The number of carbonyl (C=O) groups is 1. The Hall–Kier alpha value is -0.370. The van der Waals surface area contributed by atoms with E-state index in [-0.39, 0.29) is 0 Å². The molecular weight excluding hydrogens is 222 g/mol. The van der Waals surface area contributed by atoms with Gasteiger partial charge in [-0.05, 0) is 69.4 Å². The van der Waals surface area contributed by atoms with Gasteiger partial charge < -0.3 is 0 Å². The van der Waals surface area contributed by atoms with Crippen LogP contribution >= 0.6 is 0 Å². The standard InChI is InChI=1S/C16H25NO/c1-11-8-12-9-15(18)14-5-3-7-17-6-2-4-13(12)16(14,17)10-11/h11-14H,2-10H2,1H3/t11-,12+,13-,14-,16-/m1/s1. The van der Waals surface area contributed by atoms with Crippen LogP contribution in [0.2, 0.25) is 0 Å². The lowest BCUT2D eigenvalue weighted by atomic mass is 9.48. The van der Waals surface area contributed by atoms with E-state index in [0.29, 0.717) is 17.2 Å². The Morgan fingerprint density at radius 2 is 2.00 bits per heavy atom. The van der Waals surface area contributed by atoms with Crippen molar-refractivity contribution >= 4 is 5.78 Å². The lowest BCUT2D eigenvalue weighted by Gasteiger charge is -2.65. The summed E-state index contributed by atoms with van der Waals surface area (Å²) in [5.74, 6) is 3.43. The molecule has 0 aromatic carbocycles. The molecule has 4 rings (SSSR count). The topological polar surface area (TPSA) is 20.3 Å². The third-order valence-electron chi connectivity index (χ3n) is 6.50. The fourth-order valence-electron chi connectivity index (χ4n) is 6.18. The van der Waals surface area contributed by atoms with E-state index in [1.807, 2.05) is 0 Å². The molecule has 0 aromatic heterocycles. The molecule has 2 aliphatic heterocycles. The van der Waals surface area contributed by atoms with E-state index in [1.165, 1.54) is 51.6 Å². The van der Waals surface area contributed by atoms with E-state index in [2.05, 4.69) is 11.8 Å². The lowest BCUT2D eigenvalue weighted by Crippen LogP contribution is -2.71. The van der Waals surface area contributed by atoms with Crippen molar-refractivity contribution < 1.29 is 4.79 Å². The van der Waals surface area contributed by atoms with Gasteiger partial charge in [0.25, 0.3) is 0 Å². The fraction of sp³-hybridized carbons (Fsp3) is 0.938. The minimum absolute atomic E-state index is 0.314. The van der Waals surface area contributed by atoms with Crippen LogP contribution in [0.3, 0.4) is 0 Å². The summed E-state index contributed by atoms with van der Waals surface area (Å²) in [6.07, 6.45) is 8.75. The van der Waals surface area contributed by atoms with Gasteiger partial charge in [0.2, 0.25) is 0 Å². The number of Topliss-reactive ketones (excluding diaryl/α,β-unsaturated/α-hetero) is 1. The molecule has 1 spiro atoms. The summed E-state index contributed by atoms with van der Waals surface area (Å²) in [5.41, 5.74) is 0.314. The van der Waals surface area contributed by atoms with Crippen LogP contribution in [0, 0.1) is 23.7 Å². The van der Waals surface area contributed by atoms with Gasteiger partial charge in [0.1, 0.15) is 5.78 Å². The molecule has 2 bridgehead atoms. The average molecular weight is 247 g/mol. The lowest BCUT2D eigenvalue weighted by molar-refractivity contribution is -0.172. The van der Waals surface area contributed by atoms with Crippen molar-refractivity contribution in [1.29, 1.82) is 0 Å². The Morgan fingerprint density at radius 1 is 1.22 bits per heavy atom. The summed E-state index contributed by atoms with van der Waals surface area (Å²) in [6.45, 7) is 4.95. The first-order chi connectivity index (χ1) is 8.72. The molecule has 4 aliphatic rings. The molecule has 0 N–H and O–H groups in total. The van der Waals surface area contributed by atoms with Gasteiger partial charge in [-0.25, -0.2) is 0 Å². The molecule has 0 aromatic rings. The molecule has 18 heavy (non-hydrogen) atoms. The Labute approximate surface area is 110 Å². The molecular formula is C16H25NO. The maximum Gasteiger partial charge on any atom is 0.138 e. The Morgan fingerprint density at radius 3 is 2.83 bits per heavy atom. The molecule has 5 atom stereocenters. The minimum Gasteiger partial charge on any atom is -0.299 e. The van der Waals surface area contributed by atoms with Crippen LogP contribution in [-0.2, 0) is 4.79 Å². The van der Waals surface area contributed by atoms with Crippen LogP contribution in [0.4, 0.5) is 0 Å². The van der Waals surface area contributed by atoms with Gasteiger partial charge in [-0.1, -0.05) is 6.92 Å². The summed E-state index contributed by atoms with van der Waals surface area (Å²) >= 11 is 0. The zero-order valence-electron chi connectivity index (χ0n) is 11.5. The monoisotopic (exact) mass is 247 g/mol. The molecule has 100 valence electrons. The third kappa shape index (κ3) is 1.31. The molecule has 2 aliphatic carbocycles. The Balaban J connectivity index is 1.82. The third-order valence-corrected chi connectivity index (χ3v) is 6.50. The first-order valence-corrected chi connectivity index (χ1v) is 7.99. The van der Waals surface area contributed by atoms with Gasteiger partial charge in [-0.2, -0.15) is 0 Å². The molecule has 2 heteroatoms. The number of rotatable bonds is 0. The highest BCUT2D eigenvalue weighted by atomic mass is 16.1. The van der Waals surface area contributed by atoms with Crippen LogP contribution in [-0.4, -0.2) is 29.3 Å². The number of piperidine rings is 2. The van der Waals surface area contributed by atoms with Gasteiger partial charge >= 0.3 is 0 Å². The quantitative estimate of drug-likeness (QED) is 0.656. The predicted molar refractivity (Wildman–Crippen MR) is 71.3 cm³/mol. The molecule has 2 saturated carbocycles. The van der Waals surface area contributed by atoms with Crippen LogP contribution in [0.5, 0.6) is 0 Å².